The van der Waals surface area contributed by atoms with Gasteiger partial charge in [-0.2, -0.15) is 4.98 Å². The van der Waals surface area contributed by atoms with E-state index < -0.39 is 0 Å². The maximum atomic E-state index is 5.56. The van der Waals surface area contributed by atoms with Gasteiger partial charge in [0.05, 0.1) is 38.7 Å². The summed E-state index contributed by atoms with van der Waals surface area (Å²) in [7, 11) is 1.63. The van der Waals surface area contributed by atoms with E-state index in [4.69, 9.17) is 30.4 Å². The minimum Gasteiger partial charge on any atom is -0.475 e. The first-order valence-electron chi connectivity index (χ1n) is 6.03. The lowest BCUT2D eigenvalue weighted by molar-refractivity contribution is 0.0177. The van der Waals surface area contributed by atoms with E-state index in [1.54, 1.807) is 19.2 Å². The average Bonchev–Trinajstić information content (AvgIpc) is 2.41. The molecule has 108 valence electrons. The number of nitrogens with zero attached hydrogens (tertiary/aromatic N) is 1. The Morgan fingerprint density at radius 1 is 0.947 bits per heavy atom. The molecule has 4 N–H and O–H groups in total. The highest BCUT2D eigenvalue weighted by atomic mass is 16.6. The monoisotopic (exact) mass is 271 g/mol. The molecule has 0 saturated carbocycles. The van der Waals surface area contributed by atoms with Crippen molar-refractivity contribution in [3.8, 4) is 5.88 Å². The summed E-state index contributed by atoms with van der Waals surface area (Å²) in [4.78, 5) is 3.98. The van der Waals surface area contributed by atoms with Gasteiger partial charge in [0.1, 0.15) is 6.61 Å². The zero-order valence-corrected chi connectivity index (χ0v) is 11.1. The largest absolute Gasteiger partial charge is 0.475 e. The van der Waals surface area contributed by atoms with Gasteiger partial charge in [0.2, 0.25) is 5.88 Å². The van der Waals surface area contributed by atoms with Gasteiger partial charge in [-0.1, -0.05) is 0 Å². The Bertz CT molecular complexity index is 363. The Morgan fingerprint density at radius 3 is 2.21 bits per heavy atom. The molecule has 0 fully saturated rings. The SMILES string of the molecule is COCCOCCOCCOc1ccc(N)c(N)n1. The minimum absolute atomic E-state index is 0.268. The van der Waals surface area contributed by atoms with Crippen LogP contribution in [0.25, 0.3) is 0 Å². The topological polar surface area (TPSA) is 102 Å². The van der Waals surface area contributed by atoms with Crippen molar-refractivity contribution < 1.29 is 18.9 Å². The quantitative estimate of drug-likeness (QED) is 0.590. The van der Waals surface area contributed by atoms with Crippen molar-refractivity contribution in [2.45, 2.75) is 0 Å². The second-order valence-corrected chi connectivity index (χ2v) is 3.69. The fraction of sp³-hybridized carbons (Fsp3) is 0.583. The molecule has 1 aromatic rings. The number of hydrogen-bond donors (Lipinski definition) is 2. The van der Waals surface area contributed by atoms with E-state index in [1.165, 1.54) is 0 Å². The normalized spacial score (nSPS) is 10.6. The van der Waals surface area contributed by atoms with Gasteiger partial charge < -0.3 is 30.4 Å². The highest BCUT2D eigenvalue weighted by Crippen LogP contribution is 2.15. The molecule has 0 unspecified atom stereocenters. The Morgan fingerprint density at radius 2 is 1.58 bits per heavy atom. The Hall–Kier alpha value is -1.57. The first kappa shape index (κ1) is 15.5. The summed E-state index contributed by atoms with van der Waals surface area (Å²) in [5.41, 5.74) is 11.5. The van der Waals surface area contributed by atoms with Crippen LogP contribution in [0.15, 0.2) is 12.1 Å². The summed E-state index contributed by atoms with van der Waals surface area (Å²) in [6, 6.07) is 3.32. The van der Waals surface area contributed by atoms with Crippen molar-refractivity contribution in [2.75, 3.05) is 58.2 Å². The van der Waals surface area contributed by atoms with Gasteiger partial charge in [-0.15, -0.1) is 0 Å². The Balaban J connectivity index is 2.00. The third-order valence-electron chi connectivity index (χ3n) is 2.21. The zero-order chi connectivity index (χ0) is 13.9. The van der Waals surface area contributed by atoms with Crippen LogP contribution in [0.2, 0.25) is 0 Å². The molecule has 0 aliphatic heterocycles. The average molecular weight is 271 g/mol. The molecule has 0 aliphatic carbocycles. The van der Waals surface area contributed by atoms with E-state index >= 15 is 0 Å². The summed E-state index contributed by atoms with van der Waals surface area (Å²) in [6.45, 7) is 3.08. The van der Waals surface area contributed by atoms with Crippen LogP contribution < -0.4 is 16.2 Å². The van der Waals surface area contributed by atoms with Crippen LogP contribution in [0.4, 0.5) is 11.5 Å². The molecule has 19 heavy (non-hydrogen) atoms. The smallest absolute Gasteiger partial charge is 0.215 e. The van der Waals surface area contributed by atoms with Crippen molar-refractivity contribution in [3.05, 3.63) is 12.1 Å². The lowest BCUT2D eigenvalue weighted by Gasteiger charge is -2.08. The molecule has 1 aromatic heterocycles. The van der Waals surface area contributed by atoms with Crippen LogP contribution in [0, 0.1) is 0 Å². The molecule has 0 radical (unpaired) electrons. The number of aromatic nitrogens is 1. The van der Waals surface area contributed by atoms with Gasteiger partial charge in [-0.25, -0.2) is 0 Å². The van der Waals surface area contributed by atoms with E-state index in [-0.39, 0.29) is 5.82 Å². The van der Waals surface area contributed by atoms with E-state index in [0.29, 0.717) is 51.2 Å². The van der Waals surface area contributed by atoms with Crippen molar-refractivity contribution in [2.24, 2.45) is 0 Å². The van der Waals surface area contributed by atoms with Crippen molar-refractivity contribution in [3.63, 3.8) is 0 Å². The maximum Gasteiger partial charge on any atom is 0.215 e. The van der Waals surface area contributed by atoms with E-state index in [0.717, 1.165) is 0 Å². The van der Waals surface area contributed by atoms with Gasteiger partial charge >= 0.3 is 0 Å². The molecule has 0 saturated heterocycles. The molecule has 0 aromatic carbocycles. The number of methoxy groups -OCH3 is 1. The van der Waals surface area contributed by atoms with Gasteiger partial charge in [0.25, 0.3) is 0 Å². The molecule has 0 spiro atoms. The minimum atomic E-state index is 0.268. The van der Waals surface area contributed by atoms with Crippen molar-refractivity contribution in [1.82, 2.24) is 4.98 Å². The summed E-state index contributed by atoms with van der Waals surface area (Å²) >= 11 is 0. The second-order valence-electron chi connectivity index (χ2n) is 3.69. The summed E-state index contributed by atoms with van der Waals surface area (Å²) in [5.74, 6) is 0.705. The number of anilines is 2. The van der Waals surface area contributed by atoms with E-state index in [9.17, 15) is 0 Å². The molecule has 0 atom stereocenters. The fourth-order valence-corrected chi connectivity index (χ4v) is 1.22. The third-order valence-corrected chi connectivity index (χ3v) is 2.21. The highest BCUT2D eigenvalue weighted by molar-refractivity contribution is 5.58. The van der Waals surface area contributed by atoms with Gasteiger partial charge in [0.15, 0.2) is 5.82 Å². The standard InChI is InChI=1S/C12H21N3O4/c1-16-4-5-17-6-7-18-8-9-19-11-3-2-10(13)12(14)15-11/h2-3H,4-9,13H2,1H3,(H2,14,15). The predicted octanol–water partition coefficient (Wildman–Crippen LogP) is 0.304. The van der Waals surface area contributed by atoms with Gasteiger partial charge in [-0.3, -0.25) is 0 Å². The molecule has 1 heterocycles. The van der Waals surface area contributed by atoms with Crippen LogP contribution >= 0.6 is 0 Å². The molecular weight excluding hydrogens is 250 g/mol. The molecule has 7 nitrogen and oxygen atoms in total. The van der Waals surface area contributed by atoms with Crippen LogP contribution in [0.5, 0.6) is 5.88 Å². The van der Waals surface area contributed by atoms with Gasteiger partial charge in [0, 0.05) is 13.2 Å². The highest BCUT2D eigenvalue weighted by Gasteiger charge is 1.99. The molecule has 7 heteroatoms. The second kappa shape index (κ2) is 9.37. The number of nitrogen functional groups attached to an aromatic ring is 2. The third kappa shape index (κ3) is 6.80. The summed E-state index contributed by atoms with van der Waals surface area (Å²) in [6.07, 6.45) is 0. The number of pyridine rings is 1. The van der Waals surface area contributed by atoms with Crippen LogP contribution in [-0.4, -0.2) is 51.7 Å². The molecule has 0 amide bonds. The van der Waals surface area contributed by atoms with Crippen LogP contribution in [0.1, 0.15) is 0 Å². The fourth-order valence-electron chi connectivity index (χ4n) is 1.22. The molecule has 0 bridgehead atoms. The van der Waals surface area contributed by atoms with Crippen molar-refractivity contribution >= 4 is 11.5 Å². The number of hydrogen-bond acceptors (Lipinski definition) is 7. The molecule has 1 rings (SSSR count). The van der Waals surface area contributed by atoms with Crippen molar-refractivity contribution in [1.29, 1.82) is 0 Å². The number of ether oxygens (including phenoxy) is 4. The Kier molecular flexibility index (Phi) is 7.64. The lowest BCUT2D eigenvalue weighted by atomic mass is 10.4. The lowest BCUT2D eigenvalue weighted by Crippen LogP contribution is -2.13. The predicted molar refractivity (Wildman–Crippen MR) is 72.1 cm³/mol. The zero-order valence-electron chi connectivity index (χ0n) is 11.1. The van der Waals surface area contributed by atoms with Gasteiger partial charge in [-0.05, 0) is 6.07 Å². The molecular formula is C12H21N3O4. The van der Waals surface area contributed by atoms with E-state index in [1.807, 2.05) is 0 Å². The number of rotatable bonds is 10. The summed E-state index contributed by atoms with van der Waals surface area (Å²) < 4.78 is 20.7. The van der Waals surface area contributed by atoms with E-state index in [2.05, 4.69) is 4.98 Å². The van der Waals surface area contributed by atoms with Crippen LogP contribution in [0.3, 0.4) is 0 Å². The Labute approximate surface area is 112 Å². The maximum absolute atomic E-state index is 5.56. The molecule has 0 aliphatic rings. The first-order chi connectivity index (χ1) is 9.24. The first-order valence-corrected chi connectivity index (χ1v) is 6.03. The van der Waals surface area contributed by atoms with Crippen LogP contribution in [-0.2, 0) is 14.2 Å². The summed E-state index contributed by atoms with van der Waals surface area (Å²) in [5, 5.41) is 0. The number of nitrogens with two attached hydrogens (primary N) is 2.